The van der Waals surface area contributed by atoms with E-state index in [1.807, 2.05) is 6.07 Å². The molecule has 1 aliphatic rings. The van der Waals surface area contributed by atoms with E-state index in [2.05, 4.69) is 54.1 Å². The van der Waals surface area contributed by atoms with Crippen LogP contribution in [0.15, 0.2) is 30.3 Å². The summed E-state index contributed by atoms with van der Waals surface area (Å²) in [6, 6.07) is 13.7. The summed E-state index contributed by atoms with van der Waals surface area (Å²) in [6.07, 6.45) is 1.74. The number of anilines is 1. The largest absolute Gasteiger partial charge is 0.366 e. The third-order valence-electron chi connectivity index (χ3n) is 3.89. The monoisotopic (exact) mass is 243 g/mol. The van der Waals surface area contributed by atoms with Crippen molar-refractivity contribution in [2.75, 3.05) is 25.0 Å². The van der Waals surface area contributed by atoms with Crippen LogP contribution in [0.25, 0.3) is 0 Å². The van der Waals surface area contributed by atoms with Crippen molar-refractivity contribution >= 4 is 5.69 Å². The fourth-order valence-electron chi connectivity index (χ4n) is 2.58. The zero-order valence-corrected chi connectivity index (χ0v) is 11.2. The second-order valence-corrected chi connectivity index (χ2v) is 5.12. The van der Waals surface area contributed by atoms with Gasteiger partial charge in [-0.05, 0) is 32.5 Å². The van der Waals surface area contributed by atoms with Gasteiger partial charge in [0.15, 0.2) is 0 Å². The predicted molar refractivity (Wildman–Crippen MR) is 74.5 cm³/mol. The zero-order valence-electron chi connectivity index (χ0n) is 11.2. The maximum atomic E-state index is 9.03. The first kappa shape index (κ1) is 12.9. The Balaban J connectivity index is 2.23. The van der Waals surface area contributed by atoms with Crippen molar-refractivity contribution in [3.05, 3.63) is 30.3 Å². The van der Waals surface area contributed by atoms with Crippen LogP contribution in [0.1, 0.15) is 19.8 Å². The van der Waals surface area contributed by atoms with Gasteiger partial charge in [0.1, 0.15) is 0 Å². The topological polar surface area (TPSA) is 30.3 Å². The normalized spacial score (nSPS) is 25.5. The van der Waals surface area contributed by atoms with Crippen molar-refractivity contribution in [1.29, 1.82) is 5.26 Å². The quantitative estimate of drug-likeness (QED) is 0.799. The highest BCUT2D eigenvalue weighted by molar-refractivity contribution is 5.47. The van der Waals surface area contributed by atoms with Gasteiger partial charge in [0.25, 0.3) is 0 Å². The molecule has 3 nitrogen and oxygen atoms in total. The zero-order chi connectivity index (χ0) is 13.0. The molecule has 1 aromatic carbocycles. The number of nitrogens with zero attached hydrogens (tertiary/aromatic N) is 3. The molecule has 0 amide bonds. The van der Waals surface area contributed by atoms with Crippen LogP contribution < -0.4 is 4.90 Å². The minimum Gasteiger partial charge on any atom is -0.366 e. The summed E-state index contributed by atoms with van der Waals surface area (Å²) in [5, 5.41) is 9.03. The van der Waals surface area contributed by atoms with Crippen LogP contribution in [0.3, 0.4) is 0 Å². The Morgan fingerprint density at radius 1 is 1.33 bits per heavy atom. The SMILES string of the molecule is CC1CCN(c2ccccc2)C(CC#N)CN1C. The molecule has 2 unspecified atom stereocenters. The van der Waals surface area contributed by atoms with Gasteiger partial charge in [-0.1, -0.05) is 18.2 Å². The Kier molecular flexibility index (Phi) is 4.22. The average molecular weight is 243 g/mol. The molecule has 3 heteroatoms. The number of nitriles is 1. The molecule has 1 heterocycles. The molecule has 0 N–H and O–H groups in total. The Hall–Kier alpha value is -1.53. The fraction of sp³-hybridized carbons (Fsp3) is 0.533. The van der Waals surface area contributed by atoms with Crippen molar-refractivity contribution < 1.29 is 0 Å². The molecule has 0 aliphatic carbocycles. The van der Waals surface area contributed by atoms with E-state index in [1.54, 1.807) is 0 Å². The number of para-hydroxylation sites is 1. The summed E-state index contributed by atoms with van der Waals surface area (Å²) >= 11 is 0. The lowest BCUT2D eigenvalue weighted by Gasteiger charge is -2.31. The Bertz CT molecular complexity index is 409. The van der Waals surface area contributed by atoms with Crippen LogP contribution in [0.5, 0.6) is 0 Å². The summed E-state index contributed by atoms with van der Waals surface area (Å²) < 4.78 is 0. The second-order valence-electron chi connectivity index (χ2n) is 5.12. The van der Waals surface area contributed by atoms with E-state index < -0.39 is 0 Å². The van der Waals surface area contributed by atoms with Gasteiger partial charge in [-0.15, -0.1) is 0 Å². The van der Waals surface area contributed by atoms with Gasteiger partial charge < -0.3 is 9.80 Å². The molecular formula is C15H21N3. The summed E-state index contributed by atoms with van der Waals surface area (Å²) in [5.74, 6) is 0. The smallest absolute Gasteiger partial charge is 0.0643 e. The number of hydrogen-bond donors (Lipinski definition) is 0. The van der Waals surface area contributed by atoms with Crippen LogP contribution in [0.4, 0.5) is 5.69 Å². The number of likely N-dealkylation sites (N-methyl/N-ethyl adjacent to an activating group) is 1. The van der Waals surface area contributed by atoms with Gasteiger partial charge in [0.2, 0.25) is 0 Å². The molecule has 1 aliphatic heterocycles. The molecule has 96 valence electrons. The third-order valence-corrected chi connectivity index (χ3v) is 3.89. The van der Waals surface area contributed by atoms with Gasteiger partial charge >= 0.3 is 0 Å². The molecule has 2 rings (SSSR count). The molecular weight excluding hydrogens is 222 g/mol. The standard InChI is InChI=1S/C15H21N3/c1-13-9-11-18(14-6-4-3-5-7-14)15(8-10-16)12-17(13)2/h3-7,13,15H,8-9,11-12H2,1-2H3. The highest BCUT2D eigenvalue weighted by Gasteiger charge is 2.26. The lowest BCUT2D eigenvalue weighted by Crippen LogP contribution is -2.40. The van der Waals surface area contributed by atoms with E-state index in [-0.39, 0.29) is 0 Å². The first-order valence-electron chi connectivity index (χ1n) is 6.61. The first-order valence-corrected chi connectivity index (χ1v) is 6.61. The van der Waals surface area contributed by atoms with Crippen LogP contribution >= 0.6 is 0 Å². The Labute approximate surface area is 110 Å². The highest BCUT2D eigenvalue weighted by atomic mass is 15.2. The number of benzene rings is 1. The van der Waals surface area contributed by atoms with Crippen LogP contribution in [-0.4, -0.2) is 37.1 Å². The summed E-state index contributed by atoms with van der Waals surface area (Å²) in [7, 11) is 2.16. The molecule has 1 aromatic rings. The maximum absolute atomic E-state index is 9.03. The predicted octanol–water partition coefficient (Wildman–Crippen LogP) is 2.50. The molecule has 18 heavy (non-hydrogen) atoms. The van der Waals surface area contributed by atoms with E-state index >= 15 is 0 Å². The number of rotatable bonds is 2. The van der Waals surface area contributed by atoms with Crippen molar-refractivity contribution in [3.63, 3.8) is 0 Å². The molecule has 0 aromatic heterocycles. The van der Waals surface area contributed by atoms with Gasteiger partial charge in [-0.3, -0.25) is 0 Å². The third kappa shape index (κ3) is 2.83. The lowest BCUT2D eigenvalue weighted by molar-refractivity contribution is 0.255. The molecule has 1 saturated heterocycles. The van der Waals surface area contributed by atoms with Gasteiger partial charge in [-0.2, -0.15) is 5.26 Å². The van der Waals surface area contributed by atoms with Crippen LogP contribution in [-0.2, 0) is 0 Å². The second kappa shape index (κ2) is 5.88. The molecule has 1 fully saturated rings. The minimum absolute atomic E-state index is 0.298. The van der Waals surface area contributed by atoms with Crippen molar-refractivity contribution in [2.45, 2.75) is 31.8 Å². The average Bonchev–Trinajstić information content (AvgIpc) is 2.52. The molecule has 0 radical (unpaired) electrons. The first-order chi connectivity index (χ1) is 8.72. The van der Waals surface area contributed by atoms with Gasteiger partial charge in [-0.25, -0.2) is 0 Å². The minimum atomic E-state index is 0.298. The summed E-state index contributed by atoms with van der Waals surface area (Å²) in [4.78, 5) is 4.76. The van der Waals surface area contributed by atoms with Crippen molar-refractivity contribution in [3.8, 4) is 6.07 Å². The van der Waals surface area contributed by atoms with Crippen molar-refractivity contribution in [2.24, 2.45) is 0 Å². The molecule has 0 bridgehead atoms. The highest BCUT2D eigenvalue weighted by Crippen LogP contribution is 2.23. The Morgan fingerprint density at radius 2 is 2.06 bits per heavy atom. The fourth-order valence-corrected chi connectivity index (χ4v) is 2.58. The van der Waals surface area contributed by atoms with E-state index in [0.29, 0.717) is 18.5 Å². The molecule has 2 atom stereocenters. The van der Waals surface area contributed by atoms with E-state index in [9.17, 15) is 0 Å². The van der Waals surface area contributed by atoms with Crippen LogP contribution in [0, 0.1) is 11.3 Å². The maximum Gasteiger partial charge on any atom is 0.0643 e. The number of hydrogen-bond acceptors (Lipinski definition) is 3. The van der Waals surface area contributed by atoms with E-state index in [4.69, 9.17) is 5.26 Å². The van der Waals surface area contributed by atoms with Crippen molar-refractivity contribution in [1.82, 2.24) is 4.90 Å². The Morgan fingerprint density at radius 3 is 2.72 bits per heavy atom. The summed E-state index contributed by atoms with van der Waals surface area (Å²) in [6.45, 7) is 4.25. The lowest BCUT2D eigenvalue weighted by atomic mass is 10.1. The van der Waals surface area contributed by atoms with E-state index in [1.165, 1.54) is 5.69 Å². The molecule has 0 spiro atoms. The summed E-state index contributed by atoms with van der Waals surface area (Å²) in [5.41, 5.74) is 1.24. The van der Waals surface area contributed by atoms with Gasteiger partial charge in [0, 0.05) is 24.8 Å². The van der Waals surface area contributed by atoms with Crippen LogP contribution in [0.2, 0.25) is 0 Å². The van der Waals surface area contributed by atoms with E-state index in [0.717, 1.165) is 19.5 Å². The van der Waals surface area contributed by atoms with Gasteiger partial charge in [0.05, 0.1) is 18.5 Å². The molecule has 0 saturated carbocycles.